The highest BCUT2D eigenvalue weighted by molar-refractivity contribution is 5.82. The fourth-order valence-corrected chi connectivity index (χ4v) is 3.00. The Balaban J connectivity index is 1.72. The van der Waals surface area contributed by atoms with Gasteiger partial charge in [0.1, 0.15) is 23.9 Å². The Labute approximate surface area is 162 Å². The van der Waals surface area contributed by atoms with Gasteiger partial charge in [-0.1, -0.05) is 6.07 Å². The van der Waals surface area contributed by atoms with Crippen molar-refractivity contribution in [1.82, 2.24) is 10.2 Å². The third-order valence-electron chi connectivity index (χ3n) is 4.42. The summed E-state index contributed by atoms with van der Waals surface area (Å²) in [6.07, 6.45) is -5.53. The molecule has 154 valence electrons. The quantitative estimate of drug-likeness (QED) is 0.749. The molecule has 0 aromatic heterocycles. The number of benzene rings is 2. The van der Waals surface area contributed by atoms with Gasteiger partial charge in [-0.3, -0.25) is 4.79 Å². The number of carboxylic acid groups (broad SMARTS) is 1. The van der Waals surface area contributed by atoms with Gasteiger partial charge in [-0.2, -0.15) is 13.2 Å². The molecule has 29 heavy (non-hydrogen) atoms. The maximum absolute atomic E-state index is 13.7. The zero-order valence-corrected chi connectivity index (χ0v) is 14.9. The van der Waals surface area contributed by atoms with Crippen molar-refractivity contribution < 1.29 is 37.0 Å². The Kier molecular flexibility index (Phi) is 5.62. The van der Waals surface area contributed by atoms with Crippen LogP contribution in [0.3, 0.4) is 0 Å². The van der Waals surface area contributed by atoms with E-state index in [2.05, 4.69) is 0 Å². The van der Waals surface area contributed by atoms with Gasteiger partial charge in [0.15, 0.2) is 0 Å². The molecule has 0 atom stereocenters. The number of carbonyl (C=O) groups is 2. The normalized spacial score (nSPS) is 13.6. The lowest BCUT2D eigenvalue weighted by molar-refractivity contribution is -0.140. The highest BCUT2D eigenvalue weighted by Crippen LogP contribution is 2.34. The number of hydrogen-bond acceptors (Lipinski definition) is 3. The number of alkyl halides is 3. The summed E-state index contributed by atoms with van der Waals surface area (Å²) in [5.74, 6) is -1.63. The van der Waals surface area contributed by atoms with E-state index in [0.29, 0.717) is 25.1 Å². The van der Waals surface area contributed by atoms with E-state index in [1.165, 1.54) is 4.90 Å². The molecule has 0 spiro atoms. The summed E-state index contributed by atoms with van der Waals surface area (Å²) in [4.78, 5) is 24.1. The van der Waals surface area contributed by atoms with E-state index < -0.39 is 23.7 Å². The summed E-state index contributed by atoms with van der Waals surface area (Å²) in [5, 5.41) is 10.6. The van der Waals surface area contributed by atoms with E-state index in [4.69, 9.17) is 9.84 Å². The van der Waals surface area contributed by atoms with Crippen molar-refractivity contribution in [3.05, 3.63) is 58.9 Å². The summed E-state index contributed by atoms with van der Waals surface area (Å²) in [5.41, 5.74) is 0.343. The third-order valence-corrected chi connectivity index (χ3v) is 4.42. The maximum atomic E-state index is 13.7. The van der Waals surface area contributed by atoms with Gasteiger partial charge in [0.2, 0.25) is 5.91 Å². The van der Waals surface area contributed by atoms with E-state index in [9.17, 15) is 27.2 Å². The van der Waals surface area contributed by atoms with E-state index in [1.807, 2.05) is 5.32 Å². The highest BCUT2D eigenvalue weighted by atomic mass is 19.4. The molecule has 0 radical (unpaired) electrons. The largest absolute Gasteiger partial charge is 0.465 e. The van der Waals surface area contributed by atoms with E-state index >= 15 is 0 Å². The predicted octanol–water partition coefficient (Wildman–Crippen LogP) is 3.79. The zero-order chi connectivity index (χ0) is 21.2. The molecule has 6 nitrogen and oxygen atoms in total. The van der Waals surface area contributed by atoms with Gasteiger partial charge in [0.05, 0.1) is 5.56 Å². The molecule has 2 N–H and O–H groups in total. The molecule has 3 rings (SSSR count). The van der Waals surface area contributed by atoms with Gasteiger partial charge in [-0.25, -0.2) is 9.18 Å². The molecule has 2 amide bonds. The van der Waals surface area contributed by atoms with Gasteiger partial charge in [-0.15, -0.1) is 0 Å². The highest BCUT2D eigenvalue weighted by Gasteiger charge is 2.34. The first-order valence-corrected chi connectivity index (χ1v) is 8.54. The van der Waals surface area contributed by atoms with Crippen LogP contribution in [0.5, 0.6) is 11.5 Å². The number of rotatable bonds is 4. The van der Waals surface area contributed by atoms with Crippen molar-refractivity contribution in [3.8, 4) is 11.5 Å². The van der Waals surface area contributed by atoms with Gasteiger partial charge in [-0.05, 0) is 41.8 Å². The molecule has 0 fully saturated rings. The molecule has 0 saturated heterocycles. The van der Waals surface area contributed by atoms with Crippen LogP contribution in [0.1, 0.15) is 16.7 Å². The Hall–Kier alpha value is -3.30. The molecular weight excluding hydrogens is 396 g/mol. The van der Waals surface area contributed by atoms with E-state index in [1.54, 1.807) is 18.2 Å². The third kappa shape index (κ3) is 4.95. The second-order valence-electron chi connectivity index (χ2n) is 6.40. The van der Waals surface area contributed by atoms with Crippen LogP contribution in [-0.2, 0) is 23.9 Å². The summed E-state index contributed by atoms with van der Waals surface area (Å²) in [7, 11) is 0. The lowest BCUT2D eigenvalue weighted by Gasteiger charge is -2.29. The minimum Gasteiger partial charge on any atom is -0.465 e. The first kappa shape index (κ1) is 20.4. The molecule has 1 aliphatic heterocycles. The number of fused-ring (bicyclic) bond motifs is 1. The van der Waals surface area contributed by atoms with Crippen molar-refractivity contribution in [2.45, 2.75) is 19.1 Å². The molecule has 1 heterocycles. The summed E-state index contributed by atoms with van der Waals surface area (Å²) < 4.78 is 57.1. The molecule has 0 saturated carbocycles. The van der Waals surface area contributed by atoms with Crippen molar-refractivity contribution >= 4 is 12.0 Å². The van der Waals surface area contributed by atoms with Crippen LogP contribution < -0.4 is 10.1 Å². The summed E-state index contributed by atoms with van der Waals surface area (Å²) >= 11 is 0. The van der Waals surface area contributed by atoms with Crippen molar-refractivity contribution in [2.24, 2.45) is 0 Å². The molecule has 1 aliphatic rings. The molecule has 2 aromatic carbocycles. The van der Waals surface area contributed by atoms with Crippen LogP contribution in [0, 0.1) is 5.82 Å². The molecular formula is C19H16F4N2O4. The smallest absolute Gasteiger partial charge is 0.419 e. The Morgan fingerprint density at radius 1 is 1.10 bits per heavy atom. The lowest BCUT2D eigenvalue weighted by Crippen LogP contribution is -2.42. The first-order chi connectivity index (χ1) is 13.6. The van der Waals surface area contributed by atoms with Gasteiger partial charge in [0, 0.05) is 19.2 Å². The van der Waals surface area contributed by atoms with Crippen LogP contribution in [0.4, 0.5) is 22.4 Å². The zero-order valence-electron chi connectivity index (χ0n) is 14.9. The van der Waals surface area contributed by atoms with Gasteiger partial charge >= 0.3 is 12.3 Å². The Bertz CT molecular complexity index is 946. The molecule has 10 heteroatoms. The number of carbonyl (C=O) groups excluding carboxylic acids is 1. The summed E-state index contributed by atoms with van der Waals surface area (Å²) in [6, 6.07) is 7.29. The van der Waals surface area contributed by atoms with Crippen LogP contribution in [0.2, 0.25) is 0 Å². The molecule has 2 aromatic rings. The number of hydrogen-bond donors (Lipinski definition) is 2. The van der Waals surface area contributed by atoms with Crippen LogP contribution in [-0.4, -0.2) is 35.1 Å². The Morgan fingerprint density at radius 2 is 1.79 bits per heavy atom. The lowest BCUT2D eigenvalue weighted by atomic mass is 9.99. The number of ether oxygens (including phenoxy) is 1. The van der Waals surface area contributed by atoms with Crippen LogP contribution >= 0.6 is 0 Å². The second-order valence-corrected chi connectivity index (χ2v) is 6.40. The molecule has 0 unspecified atom stereocenters. The SMILES string of the molecule is O=C(O)NCC(=O)N1CCc2ccc(Oc3ccc(C(F)(F)F)c(F)c3)cc2C1. The molecule has 0 bridgehead atoms. The van der Waals surface area contributed by atoms with Crippen molar-refractivity contribution in [1.29, 1.82) is 0 Å². The first-order valence-electron chi connectivity index (χ1n) is 8.54. The molecule has 0 aliphatic carbocycles. The monoisotopic (exact) mass is 412 g/mol. The van der Waals surface area contributed by atoms with Gasteiger partial charge < -0.3 is 20.1 Å². The van der Waals surface area contributed by atoms with Crippen molar-refractivity contribution in [3.63, 3.8) is 0 Å². The second kappa shape index (κ2) is 7.98. The van der Waals surface area contributed by atoms with Crippen LogP contribution in [0.25, 0.3) is 0 Å². The summed E-state index contributed by atoms with van der Waals surface area (Å²) in [6.45, 7) is 0.317. The fraction of sp³-hybridized carbons (Fsp3) is 0.263. The number of nitrogens with zero attached hydrogens (tertiary/aromatic N) is 1. The average molecular weight is 412 g/mol. The van der Waals surface area contributed by atoms with Crippen LogP contribution in [0.15, 0.2) is 36.4 Å². The average Bonchev–Trinajstić information content (AvgIpc) is 2.64. The maximum Gasteiger partial charge on any atom is 0.419 e. The standard InChI is InChI=1S/C19H16F4N2O4/c20-16-8-14(3-4-15(16)19(21,22)23)29-13-2-1-11-5-6-25(10-12(11)7-13)17(26)9-24-18(27)28/h1-4,7-8,24H,5-6,9-10H2,(H,27,28). The van der Waals surface area contributed by atoms with Crippen molar-refractivity contribution in [2.75, 3.05) is 13.1 Å². The number of amides is 2. The fourth-order valence-electron chi connectivity index (χ4n) is 3.00. The van der Waals surface area contributed by atoms with E-state index in [-0.39, 0.29) is 30.5 Å². The number of halogens is 4. The number of nitrogens with one attached hydrogen (secondary N) is 1. The minimum absolute atomic E-state index is 0.0927. The Morgan fingerprint density at radius 3 is 2.45 bits per heavy atom. The minimum atomic E-state index is -4.79. The van der Waals surface area contributed by atoms with Gasteiger partial charge in [0.25, 0.3) is 0 Å². The predicted molar refractivity (Wildman–Crippen MR) is 93.1 cm³/mol. The van der Waals surface area contributed by atoms with E-state index in [0.717, 1.165) is 17.2 Å². The topological polar surface area (TPSA) is 78.9 Å².